The van der Waals surface area contributed by atoms with Crippen LogP contribution in [0.15, 0.2) is 34.5 Å². The highest BCUT2D eigenvalue weighted by molar-refractivity contribution is 7.91. The normalized spacial score (nSPS) is 17.3. The van der Waals surface area contributed by atoms with Gasteiger partial charge in [-0.2, -0.15) is 4.31 Å². The summed E-state index contributed by atoms with van der Waals surface area (Å²) in [6.07, 6.45) is 2.80. The van der Waals surface area contributed by atoms with Gasteiger partial charge in [-0.15, -0.1) is 11.3 Å². The number of nitrogens with zero attached hydrogens (tertiary/aromatic N) is 1. The number of thiophene rings is 1. The van der Waals surface area contributed by atoms with E-state index in [1.165, 1.54) is 16.9 Å². The van der Waals surface area contributed by atoms with Gasteiger partial charge in [-0.25, -0.2) is 8.42 Å². The second kappa shape index (κ2) is 7.16. The lowest BCUT2D eigenvalue weighted by molar-refractivity contribution is 0.273. The van der Waals surface area contributed by atoms with Crippen LogP contribution < -0.4 is 0 Å². The summed E-state index contributed by atoms with van der Waals surface area (Å²) in [6, 6.07) is 9.75. The van der Waals surface area contributed by atoms with Crippen LogP contribution in [0, 0.1) is 19.8 Å². The number of sulfonamides is 1. The van der Waals surface area contributed by atoms with Crippen molar-refractivity contribution < 1.29 is 8.42 Å². The first-order valence-electron chi connectivity index (χ1n) is 8.18. The Morgan fingerprint density at radius 2 is 1.79 bits per heavy atom. The molecule has 130 valence electrons. The number of rotatable bonds is 4. The number of halogens is 1. The average Bonchev–Trinajstić information content (AvgIpc) is 2.90. The van der Waals surface area contributed by atoms with Gasteiger partial charge >= 0.3 is 0 Å². The van der Waals surface area contributed by atoms with E-state index in [0.717, 1.165) is 34.7 Å². The van der Waals surface area contributed by atoms with Crippen molar-refractivity contribution in [3.8, 4) is 0 Å². The first-order chi connectivity index (χ1) is 11.4. The molecule has 0 N–H and O–H groups in total. The second-order valence-electron chi connectivity index (χ2n) is 6.48. The quantitative estimate of drug-likeness (QED) is 0.769. The first kappa shape index (κ1) is 17.9. The molecule has 1 aromatic heterocycles. The molecule has 3 rings (SSSR count). The van der Waals surface area contributed by atoms with Crippen LogP contribution in [0.1, 0.15) is 28.8 Å². The summed E-state index contributed by atoms with van der Waals surface area (Å²) in [5.74, 6) is 0.532. The minimum absolute atomic E-state index is 0.480. The summed E-state index contributed by atoms with van der Waals surface area (Å²) >= 11 is 7.30. The van der Waals surface area contributed by atoms with Gasteiger partial charge in [0.1, 0.15) is 4.21 Å². The van der Waals surface area contributed by atoms with Gasteiger partial charge < -0.3 is 0 Å². The highest BCUT2D eigenvalue weighted by Gasteiger charge is 2.30. The third-order valence-electron chi connectivity index (χ3n) is 4.75. The Kier molecular flexibility index (Phi) is 5.35. The topological polar surface area (TPSA) is 37.4 Å². The Morgan fingerprint density at radius 3 is 2.33 bits per heavy atom. The van der Waals surface area contributed by atoms with E-state index in [-0.39, 0.29) is 0 Å². The Morgan fingerprint density at radius 1 is 1.17 bits per heavy atom. The Balaban J connectivity index is 1.63. The van der Waals surface area contributed by atoms with Crippen molar-refractivity contribution in [2.75, 3.05) is 13.1 Å². The Labute approximate surface area is 153 Å². The van der Waals surface area contributed by atoms with E-state index in [1.807, 2.05) is 26.0 Å². The van der Waals surface area contributed by atoms with Gasteiger partial charge in [0.25, 0.3) is 10.0 Å². The molecule has 24 heavy (non-hydrogen) atoms. The molecule has 0 spiro atoms. The first-order valence-corrected chi connectivity index (χ1v) is 10.8. The lowest BCUT2D eigenvalue weighted by Crippen LogP contribution is -2.38. The summed E-state index contributed by atoms with van der Waals surface area (Å²) < 4.78 is 27.7. The molecule has 1 aromatic carbocycles. The van der Waals surface area contributed by atoms with Crippen LogP contribution in [-0.2, 0) is 16.4 Å². The van der Waals surface area contributed by atoms with Crippen molar-refractivity contribution in [3.05, 3.63) is 51.4 Å². The average molecular weight is 384 g/mol. The zero-order valence-corrected chi connectivity index (χ0v) is 16.3. The molecule has 1 fully saturated rings. The van der Waals surface area contributed by atoms with E-state index in [0.29, 0.717) is 23.2 Å². The van der Waals surface area contributed by atoms with Crippen LogP contribution in [-0.4, -0.2) is 25.8 Å². The number of aryl methyl sites for hydroxylation is 2. The van der Waals surface area contributed by atoms with E-state index < -0.39 is 10.0 Å². The molecule has 0 bridgehead atoms. The fourth-order valence-electron chi connectivity index (χ4n) is 3.10. The predicted octanol–water partition coefficient (Wildman–Crippen LogP) is 4.66. The maximum absolute atomic E-state index is 12.8. The lowest BCUT2D eigenvalue weighted by atomic mass is 9.91. The van der Waals surface area contributed by atoms with E-state index in [4.69, 9.17) is 11.6 Å². The number of hydrogen-bond donors (Lipinski definition) is 0. The molecule has 0 radical (unpaired) electrons. The number of hydrogen-bond acceptors (Lipinski definition) is 3. The summed E-state index contributed by atoms with van der Waals surface area (Å²) in [6.45, 7) is 5.15. The van der Waals surface area contributed by atoms with E-state index in [9.17, 15) is 8.42 Å². The highest BCUT2D eigenvalue weighted by Crippen LogP contribution is 2.31. The summed E-state index contributed by atoms with van der Waals surface area (Å²) in [7, 11) is -3.33. The van der Waals surface area contributed by atoms with Gasteiger partial charge in [-0.05, 0) is 68.4 Å². The monoisotopic (exact) mass is 383 g/mol. The summed E-state index contributed by atoms with van der Waals surface area (Å²) in [5.41, 5.74) is 2.32. The van der Waals surface area contributed by atoms with Crippen molar-refractivity contribution in [1.29, 1.82) is 0 Å². The molecule has 6 heteroatoms. The highest BCUT2D eigenvalue weighted by atomic mass is 35.5. The maximum Gasteiger partial charge on any atom is 0.252 e. The molecule has 1 aliphatic heterocycles. The third-order valence-corrected chi connectivity index (χ3v) is 8.50. The largest absolute Gasteiger partial charge is 0.252 e. The molecule has 3 nitrogen and oxygen atoms in total. The standard InChI is InChI=1S/C18H22ClNO2S2/c1-13-11-18(23-14(13)2)24(21,22)20-9-7-16(8-10-20)12-15-3-5-17(19)6-4-15/h3-6,11,16H,7-10,12H2,1-2H3. The fourth-order valence-corrected chi connectivity index (χ4v) is 6.37. The van der Waals surface area contributed by atoms with Crippen molar-refractivity contribution in [3.63, 3.8) is 0 Å². The zero-order chi connectivity index (χ0) is 17.3. The molecule has 0 saturated carbocycles. The molecule has 2 aromatic rings. The van der Waals surface area contributed by atoms with Crippen LogP contribution in [0.4, 0.5) is 0 Å². The molecule has 0 aliphatic carbocycles. The van der Waals surface area contributed by atoms with Gasteiger partial charge in [-0.1, -0.05) is 23.7 Å². The number of benzene rings is 1. The lowest BCUT2D eigenvalue weighted by Gasteiger charge is -2.30. The van der Waals surface area contributed by atoms with Crippen LogP contribution in [0.25, 0.3) is 0 Å². The maximum atomic E-state index is 12.8. The van der Waals surface area contributed by atoms with Gasteiger partial charge in [0.05, 0.1) is 0 Å². The molecule has 1 saturated heterocycles. The van der Waals surface area contributed by atoms with Gasteiger partial charge in [0.2, 0.25) is 0 Å². The van der Waals surface area contributed by atoms with Crippen LogP contribution in [0.5, 0.6) is 0 Å². The molecular weight excluding hydrogens is 362 g/mol. The summed E-state index contributed by atoms with van der Waals surface area (Å²) in [4.78, 5) is 1.08. The molecule has 2 heterocycles. The Hall–Kier alpha value is -0.880. The van der Waals surface area contributed by atoms with Crippen molar-refractivity contribution in [2.24, 2.45) is 5.92 Å². The molecule has 0 unspecified atom stereocenters. The van der Waals surface area contributed by atoms with Crippen LogP contribution >= 0.6 is 22.9 Å². The minimum Gasteiger partial charge on any atom is -0.206 e. The van der Waals surface area contributed by atoms with Crippen LogP contribution in [0.3, 0.4) is 0 Å². The Bertz CT molecular complexity index is 785. The van der Waals surface area contributed by atoms with Gasteiger partial charge in [-0.3, -0.25) is 0 Å². The van der Waals surface area contributed by atoms with Gasteiger partial charge in [0, 0.05) is 23.0 Å². The SMILES string of the molecule is Cc1cc(S(=O)(=O)N2CCC(Cc3ccc(Cl)cc3)CC2)sc1C. The number of piperidine rings is 1. The zero-order valence-electron chi connectivity index (χ0n) is 14.0. The van der Waals surface area contributed by atoms with E-state index in [2.05, 4.69) is 12.1 Å². The fraction of sp³-hybridized carbons (Fsp3) is 0.444. The predicted molar refractivity (Wildman–Crippen MR) is 100 cm³/mol. The second-order valence-corrected chi connectivity index (χ2v) is 10.3. The van der Waals surface area contributed by atoms with E-state index in [1.54, 1.807) is 10.4 Å². The minimum atomic E-state index is -3.33. The molecule has 0 atom stereocenters. The van der Waals surface area contributed by atoms with Crippen LogP contribution in [0.2, 0.25) is 5.02 Å². The third kappa shape index (κ3) is 3.85. The molecular formula is C18H22ClNO2S2. The van der Waals surface area contributed by atoms with E-state index >= 15 is 0 Å². The summed E-state index contributed by atoms with van der Waals surface area (Å²) in [5, 5.41) is 0.751. The van der Waals surface area contributed by atoms with Gasteiger partial charge in [0.15, 0.2) is 0 Å². The smallest absolute Gasteiger partial charge is 0.206 e. The van der Waals surface area contributed by atoms with Crippen molar-refractivity contribution in [1.82, 2.24) is 4.31 Å². The van der Waals surface area contributed by atoms with Crippen molar-refractivity contribution >= 4 is 33.0 Å². The molecule has 0 amide bonds. The molecule has 1 aliphatic rings. The van der Waals surface area contributed by atoms with Crippen molar-refractivity contribution in [2.45, 2.75) is 37.3 Å².